The summed E-state index contributed by atoms with van der Waals surface area (Å²) in [4.78, 5) is 20.7. The van der Waals surface area contributed by atoms with Crippen LogP contribution in [0.3, 0.4) is 0 Å². The maximum atomic E-state index is 11.7. The maximum absolute atomic E-state index is 11.7. The standard InChI is InChI=1S/C22H29N7O3/c1-16-18(14-32-21(16)31)28-10-6-22(7-11-28)4-8-27(9-5-22)13-19(30)17-2-3-20(23-12-17)29-15-24-25-26-29/h2-3,12,15,19,30H,4-11,13-14H2,1H3/t19-/m1/s1. The van der Waals surface area contributed by atoms with Crippen molar-refractivity contribution in [3.63, 3.8) is 0 Å². The van der Waals surface area contributed by atoms with Crippen molar-refractivity contribution in [3.8, 4) is 5.82 Å². The number of aliphatic hydroxyl groups is 1. The van der Waals surface area contributed by atoms with Gasteiger partial charge in [-0.05, 0) is 67.6 Å². The van der Waals surface area contributed by atoms with Gasteiger partial charge in [0.2, 0.25) is 0 Å². The minimum atomic E-state index is -0.573. The van der Waals surface area contributed by atoms with Gasteiger partial charge in [-0.25, -0.2) is 9.78 Å². The number of tetrazole rings is 1. The highest BCUT2D eigenvalue weighted by Crippen LogP contribution is 2.42. The summed E-state index contributed by atoms with van der Waals surface area (Å²) >= 11 is 0. The van der Waals surface area contributed by atoms with Gasteiger partial charge in [-0.1, -0.05) is 6.07 Å². The molecule has 5 heterocycles. The lowest BCUT2D eigenvalue weighted by atomic mass is 9.71. The lowest BCUT2D eigenvalue weighted by molar-refractivity contribution is -0.136. The van der Waals surface area contributed by atoms with E-state index in [9.17, 15) is 9.90 Å². The SMILES string of the molecule is CC1=C(N2CCC3(CCN(C[C@@H](O)c4ccc(-n5cnnn5)nc4)CC3)CC2)COC1=O. The van der Waals surface area contributed by atoms with Gasteiger partial charge in [-0.3, -0.25) is 0 Å². The van der Waals surface area contributed by atoms with Crippen molar-refractivity contribution in [2.75, 3.05) is 39.3 Å². The van der Waals surface area contributed by atoms with E-state index in [-0.39, 0.29) is 5.97 Å². The molecule has 3 aliphatic rings. The Bertz CT molecular complexity index is 971. The largest absolute Gasteiger partial charge is 0.456 e. The van der Waals surface area contributed by atoms with Crippen LogP contribution in [0.25, 0.3) is 5.82 Å². The number of ether oxygens (including phenoxy) is 1. The number of aliphatic hydroxyl groups excluding tert-OH is 1. The number of piperidine rings is 2. The molecule has 1 N–H and O–H groups in total. The van der Waals surface area contributed by atoms with Crippen LogP contribution in [0.1, 0.15) is 44.3 Å². The molecule has 0 unspecified atom stereocenters. The molecule has 0 aliphatic carbocycles. The summed E-state index contributed by atoms with van der Waals surface area (Å²) in [7, 11) is 0. The Morgan fingerprint density at radius 1 is 1.16 bits per heavy atom. The van der Waals surface area contributed by atoms with Crippen LogP contribution in [0.2, 0.25) is 0 Å². The number of β-amino-alcohol motifs (C(OH)–C–C–N with tert-alkyl or cyclic N) is 1. The molecule has 1 atom stereocenters. The van der Waals surface area contributed by atoms with Crippen molar-refractivity contribution in [2.45, 2.75) is 38.7 Å². The van der Waals surface area contributed by atoms with Crippen molar-refractivity contribution in [1.29, 1.82) is 0 Å². The second-order valence-electron chi connectivity index (χ2n) is 9.16. The molecular weight excluding hydrogens is 410 g/mol. The van der Waals surface area contributed by atoms with E-state index in [0.29, 0.717) is 24.4 Å². The van der Waals surface area contributed by atoms with Gasteiger partial charge in [0.1, 0.15) is 12.9 Å². The lowest BCUT2D eigenvalue weighted by Gasteiger charge is -2.47. The first-order valence-corrected chi connectivity index (χ1v) is 11.2. The predicted octanol–water partition coefficient (Wildman–Crippen LogP) is 1.10. The molecule has 10 nitrogen and oxygen atoms in total. The van der Waals surface area contributed by atoms with Gasteiger partial charge in [-0.15, -0.1) is 5.10 Å². The van der Waals surface area contributed by atoms with Crippen LogP contribution < -0.4 is 0 Å². The quantitative estimate of drug-likeness (QED) is 0.685. The molecule has 1 spiro atoms. The minimum absolute atomic E-state index is 0.174. The molecule has 5 rings (SSSR count). The zero-order valence-electron chi connectivity index (χ0n) is 18.4. The Morgan fingerprint density at radius 2 is 1.91 bits per heavy atom. The highest BCUT2D eigenvalue weighted by Gasteiger charge is 2.39. The number of likely N-dealkylation sites (tertiary alicyclic amines) is 2. The van der Waals surface area contributed by atoms with E-state index in [1.165, 1.54) is 11.0 Å². The maximum Gasteiger partial charge on any atom is 0.335 e. The van der Waals surface area contributed by atoms with Crippen molar-refractivity contribution in [3.05, 3.63) is 41.5 Å². The Hall–Kier alpha value is -2.85. The van der Waals surface area contributed by atoms with Crippen LogP contribution in [0, 0.1) is 5.41 Å². The van der Waals surface area contributed by atoms with Crippen molar-refractivity contribution >= 4 is 5.97 Å². The highest BCUT2D eigenvalue weighted by atomic mass is 16.5. The van der Waals surface area contributed by atoms with E-state index in [1.54, 1.807) is 6.20 Å². The Kier molecular flexibility index (Phi) is 5.64. The molecule has 170 valence electrons. The van der Waals surface area contributed by atoms with Gasteiger partial charge >= 0.3 is 5.97 Å². The summed E-state index contributed by atoms with van der Waals surface area (Å²) < 4.78 is 6.67. The number of cyclic esters (lactones) is 1. The third kappa shape index (κ3) is 4.12. The monoisotopic (exact) mass is 439 g/mol. The van der Waals surface area contributed by atoms with Gasteiger partial charge in [0.25, 0.3) is 0 Å². The Morgan fingerprint density at radius 3 is 2.50 bits per heavy atom. The number of nitrogens with zero attached hydrogens (tertiary/aromatic N) is 7. The number of rotatable bonds is 5. The number of carbonyl (C=O) groups is 1. The second kappa shape index (κ2) is 8.59. The van der Waals surface area contributed by atoms with Crippen molar-refractivity contribution in [1.82, 2.24) is 35.0 Å². The fourth-order valence-corrected chi connectivity index (χ4v) is 5.10. The highest BCUT2D eigenvalue weighted by molar-refractivity contribution is 5.90. The predicted molar refractivity (Wildman–Crippen MR) is 114 cm³/mol. The average Bonchev–Trinajstić information content (AvgIpc) is 3.47. The summed E-state index contributed by atoms with van der Waals surface area (Å²) in [5.41, 5.74) is 3.02. The summed E-state index contributed by atoms with van der Waals surface area (Å²) in [5, 5.41) is 21.8. The molecule has 2 fully saturated rings. The molecule has 32 heavy (non-hydrogen) atoms. The number of carbonyl (C=O) groups excluding carboxylic acids is 1. The molecule has 0 bridgehead atoms. The normalized spacial score (nSPS) is 22.4. The molecular formula is C22H29N7O3. The van der Waals surface area contributed by atoms with Crippen LogP contribution in [-0.4, -0.2) is 85.4 Å². The van der Waals surface area contributed by atoms with Crippen LogP contribution >= 0.6 is 0 Å². The van der Waals surface area contributed by atoms with Crippen molar-refractivity contribution < 1.29 is 14.6 Å². The first-order chi connectivity index (χ1) is 15.5. The molecule has 0 saturated carbocycles. The third-order valence-corrected chi connectivity index (χ3v) is 7.37. The molecule has 2 saturated heterocycles. The van der Waals surface area contributed by atoms with Crippen molar-refractivity contribution in [2.24, 2.45) is 5.41 Å². The van der Waals surface area contributed by atoms with Gasteiger partial charge in [0.05, 0.1) is 17.4 Å². The third-order valence-electron chi connectivity index (χ3n) is 7.37. The van der Waals surface area contributed by atoms with Gasteiger partial charge in [-0.2, -0.15) is 4.68 Å². The van der Waals surface area contributed by atoms with E-state index >= 15 is 0 Å². The van der Waals surface area contributed by atoms with Crippen LogP contribution in [0.15, 0.2) is 35.9 Å². The average molecular weight is 440 g/mol. The number of aromatic nitrogens is 5. The summed E-state index contributed by atoms with van der Waals surface area (Å²) in [6.45, 7) is 6.88. The number of esters is 1. The number of hydrogen-bond acceptors (Lipinski definition) is 9. The van der Waals surface area contributed by atoms with Gasteiger partial charge in [0.15, 0.2) is 5.82 Å². The molecule has 0 amide bonds. The van der Waals surface area contributed by atoms with Crippen LogP contribution in [0.5, 0.6) is 0 Å². The Balaban J connectivity index is 1.12. The molecule has 0 aromatic carbocycles. The number of pyridine rings is 1. The van der Waals surface area contributed by atoms with E-state index in [0.717, 1.165) is 68.7 Å². The molecule has 3 aliphatic heterocycles. The smallest absolute Gasteiger partial charge is 0.335 e. The first kappa shape index (κ1) is 21.0. The summed E-state index contributed by atoms with van der Waals surface area (Å²) in [6.07, 6.45) is 7.21. The fourth-order valence-electron chi connectivity index (χ4n) is 5.10. The second-order valence-corrected chi connectivity index (χ2v) is 9.16. The van der Waals surface area contributed by atoms with E-state index in [2.05, 4.69) is 30.3 Å². The number of hydrogen-bond donors (Lipinski definition) is 1. The molecule has 10 heteroatoms. The van der Waals surface area contributed by atoms with E-state index < -0.39 is 6.10 Å². The zero-order chi connectivity index (χ0) is 22.1. The first-order valence-electron chi connectivity index (χ1n) is 11.2. The van der Waals surface area contributed by atoms with E-state index in [4.69, 9.17) is 4.74 Å². The molecule has 0 radical (unpaired) electrons. The van der Waals surface area contributed by atoms with Crippen LogP contribution in [0.4, 0.5) is 0 Å². The lowest BCUT2D eigenvalue weighted by Crippen LogP contribution is -2.47. The van der Waals surface area contributed by atoms with Gasteiger partial charge in [0, 0.05) is 31.4 Å². The zero-order valence-corrected chi connectivity index (χ0v) is 18.4. The fraction of sp³-hybridized carbons (Fsp3) is 0.591. The minimum Gasteiger partial charge on any atom is -0.456 e. The summed E-state index contributed by atoms with van der Waals surface area (Å²) in [6, 6.07) is 3.69. The topological polar surface area (TPSA) is 110 Å². The Labute approximate surface area is 186 Å². The van der Waals surface area contributed by atoms with Crippen LogP contribution in [-0.2, 0) is 9.53 Å². The molecule has 2 aromatic heterocycles. The summed E-state index contributed by atoms with van der Waals surface area (Å²) in [5.74, 6) is 0.448. The molecule has 2 aromatic rings. The van der Waals surface area contributed by atoms with Gasteiger partial charge < -0.3 is 19.6 Å². The van der Waals surface area contributed by atoms with E-state index in [1.807, 2.05) is 19.1 Å².